The van der Waals surface area contributed by atoms with Crippen LogP contribution < -0.4 is 5.32 Å². The second-order valence-corrected chi connectivity index (χ2v) is 11.6. The molecule has 0 aromatic carbocycles. The number of aromatic nitrogens is 4. The van der Waals surface area contributed by atoms with Gasteiger partial charge in [0.05, 0.1) is 37.9 Å². The van der Waals surface area contributed by atoms with Gasteiger partial charge in [0, 0.05) is 25.5 Å². The van der Waals surface area contributed by atoms with Crippen LogP contribution in [0.25, 0.3) is 0 Å². The molecule has 0 saturated carbocycles. The quantitative estimate of drug-likeness (QED) is 0.527. The van der Waals surface area contributed by atoms with E-state index >= 15 is 0 Å². The molecule has 28 heavy (non-hydrogen) atoms. The lowest BCUT2D eigenvalue weighted by molar-refractivity contribution is 0.262. The van der Waals surface area contributed by atoms with E-state index in [9.17, 15) is 8.42 Å². The van der Waals surface area contributed by atoms with Crippen LogP contribution in [-0.4, -0.2) is 64.7 Å². The average molecular weight is 632 g/mol. The Hall–Kier alpha value is -0.250. The van der Waals surface area contributed by atoms with Crippen molar-refractivity contribution in [3.8, 4) is 0 Å². The Morgan fingerprint density at radius 3 is 1.79 bits per heavy atom. The highest BCUT2D eigenvalue weighted by Gasteiger charge is 2.26. The summed E-state index contributed by atoms with van der Waals surface area (Å²) in [6.45, 7) is 3.45. The van der Waals surface area contributed by atoms with E-state index in [1.165, 1.54) is 27.0 Å². The van der Waals surface area contributed by atoms with Crippen molar-refractivity contribution >= 4 is 55.2 Å². The number of rotatable bonds is 3. The van der Waals surface area contributed by atoms with Crippen LogP contribution in [0, 0.1) is 7.14 Å². The monoisotopic (exact) mass is 632 g/mol. The Bertz CT molecular complexity index is 855. The van der Waals surface area contributed by atoms with Crippen LogP contribution in [0.15, 0.2) is 24.8 Å². The molecule has 2 fully saturated rings. The van der Waals surface area contributed by atoms with Gasteiger partial charge in [-0.3, -0.25) is 9.36 Å². The number of halogens is 2. The highest BCUT2D eigenvalue weighted by molar-refractivity contribution is 14.1. The lowest BCUT2D eigenvalue weighted by Gasteiger charge is -2.30. The maximum absolute atomic E-state index is 11.3. The SMILES string of the molecule is CS(=O)(=O)N1CCC(n2cc(I)cn2)CC1.Ic1cnn(C2CCNCC2)c1. The van der Waals surface area contributed by atoms with E-state index in [0.29, 0.717) is 25.2 Å². The lowest BCUT2D eigenvalue weighted by atomic mass is 10.1. The van der Waals surface area contributed by atoms with Crippen LogP contribution in [0.4, 0.5) is 0 Å². The minimum atomic E-state index is -3.02. The van der Waals surface area contributed by atoms with E-state index in [2.05, 4.69) is 71.6 Å². The largest absolute Gasteiger partial charge is 0.317 e. The van der Waals surface area contributed by atoms with Crippen molar-refractivity contribution in [3.63, 3.8) is 0 Å². The molecule has 0 atom stereocenters. The third-order valence-electron chi connectivity index (χ3n) is 5.09. The molecule has 2 saturated heterocycles. The van der Waals surface area contributed by atoms with Gasteiger partial charge in [0.15, 0.2) is 0 Å². The standard InChI is InChI=1S/C9H14IN3O2S.C8H12IN3/c1-16(14,15)12-4-2-9(3-5-12)13-7-8(10)6-11-13;9-7-5-11-12(6-7)8-1-3-10-4-2-8/h6-7,9H,2-5H2,1H3;5-6,8,10H,1-4H2. The lowest BCUT2D eigenvalue weighted by Crippen LogP contribution is -2.38. The third kappa shape index (κ3) is 6.37. The van der Waals surface area contributed by atoms with Crippen molar-refractivity contribution in [1.29, 1.82) is 0 Å². The van der Waals surface area contributed by atoms with Crippen molar-refractivity contribution < 1.29 is 8.42 Å². The van der Waals surface area contributed by atoms with E-state index in [4.69, 9.17) is 0 Å². The fourth-order valence-corrected chi connectivity index (χ4v) is 5.23. The molecule has 11 heteroatoms. The molecular weight excluding hydrogens is 606 g/mol. The summed E-state index contributed by atoms with van der Waals surface area (Å²) < 4.78 is 30.6. The van der Waals surface area contributed by atoms with Gasteiger partial charge >= 0.3 is 0 Å². The first-order valence-corrected chi connectivity index (χ1v) is 13.4. The fraction of sp³-hybridized carbons (Fsp3) is 0.647. The van der Waals surface area contributed by atoms with E-state index < -0.39 is 10.0 Å². The molecule has 1 N–H and O–H groups in total. The molecule has 8 nitrogen and oxygen atoms in total. The number of nitrogens with zero attached hydrogens (tertiary/aromatic N) is 5. The van der Waals surface area contributed by atoms with Crippen LogP contribution in [0.1, 0.15) is 37.8 Å². The van der Waals surface area contributed by atoms with Gasteiger partial charge in [-0.1, -0.05) is 0 Å². The average Bonchev–Trinajstić information content (AvgIpc) is 3.31. The summed E-state index contributed by atoms with van der Waals surface area (Å²) >= 11 is 4.52. The van der Waals surface area contributed by atoms with E-state index in [1.807, 2.05) is 23.3 Å². The molecule has 0 spiro atoms. The highest BCUT2D eigenvalue weighted by Crippen LogP contribution is 2.23. The van der Waals surface area contributed by atoms with Crippen molar-refractivity contribution in [3.05, 3.63) is 31.9 Å². The van der Waals surface area contributed by atoms with Gasteiger partial charge in [-0.05, 0) is 84.0 Å². The molecule has 2 aromatic heterocycles. The Balaban J connectivity index is 0.000000167. The zero-order valence-electron chi connectivity index (χ0n) is 15.8. The third-order valence-corrected chi connectivity index (χ3v) is 7.51. The summed E-state index contributed by atoms with van der Waals surface area (Å²) in [5, 5.41) is 11.9. The van der Waals surface area contributed by atoms with E-state index in [-0.39, 0.29) is 0 Å². The van der Waals surface area contributed by atoms with Crippen LogP contribution in [0.5, 0.6) is 0 Å². The van der Waals surface area contributed by atoms with Gasteiger partial charge in [0.1, 0.15) is 0 Å². The van der Waals surface area contributed by atoms with E-state index in [1.54, 1.807) is 0 Å². The van der Waals surface area contributed by atoms with Gasteiger partial charge in [-0.2, -0.15) is 10.2 Å². The second-order valence-electron chi connectivity index (χ2n) is 7.15. The topological polar surface area (TPSA) is 85.1 Å². The Labute approximate surface area is 193 Å². The molecule has 0 aliphatic carbocycles. The first-order valence-electron chi connectivity index (χ1n) is 9.38. The minimum absolute atomic E-state index is 0.335. The molecular formula is C17H26I2N6O2S. The van der Waals surface area contributed by atoms with Crippen molar-refractivity contribution in [2.45, 2.75) is 37.8 Å². The predicted molar refractivity (Wildman–Crippen MR) is 126 cm³/mol. The molecule has 0 radical (unpaired) electrons. The number of hydrogen-bond acceptors (Lipinski definition) is 5. The molecule has 0 unspecified atom stereocenters. The van der Waals surface area contributed by atoms with Gasteiger partial charge in [0.2, 0.25) is 10.0 Å². The summed E-state index contributed by atoms with van der Waals surface area (Å²) in [6, 6.07) is 0.955. The van der Waals surface area contributed by atoms with Crippen molar-refractivity contribution in [2.24, 2.45) is 0 Å². The molecule has 4 rings (SSSR count). The normalized spacial score (nSPS) is 20.0. The number of hydrogen-bond donors (Lipinski definition) is 1. The van der Waals surface area contributed by atoms with Gasteiger partial charge < -0.3 is 5.32 Å². The summed E-state index contributed by atoms with van der Waals surface area (Å²) in [7, 11) is -3.02. The van der Waals surface area contributed by atoms with Crippen molar-refractivity contribution in [1.82, 2.24) is 29.2 Å². The number of piperidine rings is 2. The van der Waals surface area contributed by atoms with Gasteiger partial charge in [0.25, 0.3) is 0 Å². The number of nitrogens with one attached hydrogen (secondary N) is 1. The fourth-order valence-electron chi connectivity index (χ4n) is 3.54. The molecule has 2 aromatic rings. The highest BCUT2D eigenvalue weighted by atomic mass is 127. The maximum Gasteiger partial charge on any atom is 0.211 e. The summed E-state index contributed by atoms with van der Waals surface area (Å²) in [6.07, 6.45) is 13.2. The second kappa shape index (κ2) is 10.2. The summed E-state index contributed by atoms with van der Waals surface area (Å²) in [5.41, 5.74) is 0. The predicted octanol–water partition coefficient (Wildman–Crippen LogP) is 2.50. The van der Waals surface area contributed by atoms with Gasteiger partial charge in [-0.25, -0.2) is 12.7 Å². The zero-order chi connectivity index (χ0) is 20.1. The smallest absolute Gasteiger partial charge is 0.211 e. The minimum Gasteiger partial charge on any atom is -0.317 e. The van der Waals surface area contributed by atoms with Crippen molar-refractivity contribution in [2.75, 3.05) is 32.4 Å². The van der Waals surface area contributed by atoms with E-state index in [0.717, 1.165) is 29.5 Å². The van der Waals surface area contributed by atoms with Crippen LogP contribution in [0.2, 0.25) is 0 Å². The molecule has 2 aliphatic rings. The van der Waals surface area contributed by atoms with Gasteiger partial charge in [-0.15, -0.1) is 0 Å². The Morgan fingerprint density at radius 1 is 0.929 bits per heavy atom. The molecule has 4 heterocycles. The molecule has 2 aliphatic heterocycles. The zero-order valence-corrected chi connectivity index (χ0v) is 21.0. The first-order chi connectivity index (χ1) is 13.3. The molecule has 156 valence electrons. The maximum atomic E-state index is 11.3. The van der Waals surface area contributed by atoms with Crippen LogP contribution in [-0.2, 0) is 10.0 Å². The number of sulfonamides is 1. The first kappa shape index (κ1) is 22.4. The van der Waals surface area contributed by atoms with Crippen LogP contribution in [0.3, 0.4) is 0 Å². The Morgan fingerprint density at radius 2 is 1.39 bits per heavy atom. The summed E-state index contributed by atoms with van der Waals surface area (Å²) in [5.74, 6) is 0. The molecule has 0 amide bonds. The molecule has 0 bridgehead atoms. The van der Waals surface area contributed by atoms with Crippen LogP contribution >= 0.6 is 45.2 Å². The summed E-state index contributed by atoms with van der Waals surface area (Å²) in [4.78, 5) is 0. The Kier molecular flexibility index (Phi) is 8.15.